The third-order valence-corrected chi connectivity index (χ3v) is 6.57. The van der Waals surface area contributed by atoms with Crippen molar-refractivity contribution in [1.29, 1.82) is 0 Å². The monoisotopic (exact) mass is 298 g/mol. The highest BCUT2D eigenvalue weighted by Gasteiger charge is 2.38. The van der Waals surface area contributed by atoms with Gasteiger partial charge in [-0.2, -0.15) is 11.8 Å². The van der Waals surface area contributed by atoms with Crippen molar-refractivity contribution in [3.8, 4) is 0 Å². The van der Waals surface area contributed by atoms with Crippen LogP contribution in [-0.4, -0.2) is 34.9 Å². The van der Waals surface area contributed by atoms with Gasteiger partial charge in [0.05, 0.1) is 6.54 Å². The molecule has 0 bridgehead atoms. The Hall–Kier alpha value is -0.520. The summed E-state index contributed by atoms with van der Waals surface area (Å²) in [5, 5.41) is 5.40. The Labute approximate surface area is 123 Å². The summed E-state index contributed by atoms with van der Waals surface area (Å²) in [7, 11) is 0. The number of thiophene rings is 1. The van der Waals surface area contributed by atoms with Crippen LogP contribution in [0, 0.1) is 0 Å². The Bertz CT molecular complexity index is 407. The van der Waals surface area contributed by atoms with E-state index in [9.17, 15) is 4.79 Å². The number of rotatable bonds is 6. The minimum atomic E-state index is 0.0668. The van der Waals surface area contributed by atoms with Crippen LogP contribution in [0.25, 0.3) is 0 Å². The summed E-state index contributed by atoms with van der Waals surface area (Å²) in [4.78, 5) is 15.4. The highest BCUT2D eigenvalue weighted by molar-refractivity contribution is 8.00. The van der Waals surface area contributed by atoms with Crippen molar-refractivity contribution >= 4 is 29.0 Å². The van der Waals surface area contributed by atoms with Gasteiger partial charge in [-0.3, -0.25) is 10.1 Å². The minimum absolute atomic E-state index is 0.0668. The fourth-order valence-electron chi connectivity index (χ4n) is 2.56. The van der Waals surface area contributed by atoms with Crippen molar-refractivity contribution < 1.29 is 4.79 Å². The SMILES string of the molecule is CCC(CC)(CN1C(=O)CNC1c1cccs1)SC. The predicted molar refractivity (Wildman–Crippen MR) is 83.6 cm³/mol. The van der Waals surface area contributed by atoms with Gasteiger partial charge in [-0.15, -0.1) is 11.3 Å². The lowest BCUT2D eigenvalue weighted by Gasteiger charge is -2.36. The molecule has 0 radical (unpaired) electrons. The Morgan fingerprint density at radius 1 is 1.53 bits per heavy atom. The molecule has 1 N–H and O–H groups in total. The second kappa shape index (κ2) is 6.29. The normalized spacial score (nSPS) is 20.3. The maximum Gasteiger partial charge on any atom is 0.238 e. The molecule has 1 atom stereocenters. The second-order valence-corrected chi connectivity index (χ2v) is 7.17. The minimum Gasteiger partial charge on any atom is -0.320 e. The molecule has 106 valence electrons. The molecule has 3 nitrogen and oxygen atoms in total. The molecule has 2 rings (SSSR count). The molecule has 0 saturated carbocycles. The molecule has 1 unspecified atom stereocenters. The first-order chi connectivity index (χ1) is 9.15. The summed E-state index contributed by atoms with van der Waals surface area (Å²) in [6.45, 7) is 5.72. The fourth-order valence-corrected chi connectivity index (χ4v) is 4.21. The maximum atomic E-state index is 12.2. The molecule has 1 aliphatic rings. The Balaban J connectivity index is 2.18. The van der Waals surface area contributed by atoms with E-state index in [2.05, 4.69) is 36.9 Å². The number of hydrogen-bond donors (Lipinski definition) is 1. The molecule has 0 spiro atoms. The van der Waals surface area contributed by atoms with E-state index in [4.69, 9.17) is 0 Å². The topological polar surface area (TPSA) is 32.3 Å². The number of nitrogens with one attached hydrogen (secondary N) is 1. The number of carbonyl (C=O) groups excluding carboxylic acids is 1. The van der Waals surface area contributed by atoms with Crippen LogP contribution in [0.5, 0.6) is 0 Å². The van der Waals surface area contributed by atoms with Crippen LogP contribution < -0.4 is 5.32 Å². The van der Waals surface area contributed by atoms with Gasteiger partial charge in [0, 0.05) is 16.2 Å². The highest BCUT2D eigenvalue weighted by Crippen LogP contribution is 2.35. The summed E-state index contributed by atoms with van der Waals surface area (Å²) >= 11 is 3.60. The van der Waals surface area contributed by atoms with Crippen LogP contribution in [0.1, 0.15) is 37.7 Å². The van der Waals surface area contributed by atoms with Crippen LogP contribution >= 0.6 is 23.1 Å². The second-order valence-electron chi connectivity index (χ2n) is 4.91. The lowest BCUT2D eigenvalue weighted by molar-refractivity contribution is -0.128. The first-order valence-electron chi connectivity index (χ1n) is 6.77. The predicted octanol–water partition coefficient (Wildman–Crippen LogP) is 3.10. The van der Waals surface area contributed by atoms with E-state index in [-0.39, 0.29) is 16.8 Å². The van der Waals surface area contributed by atoms with Crippen molar-refractivity contribution in [3.63, 3.8) is 0 Å². The zero-order valence-electron chi connectivity index (χ0n) is 11.8. The molecule has 1 saturated heterocycles. The Morgan fingerprint density at radius 3 is 2.79 bits per heavy atom. The van der Waals surface area contributed by atoms with Crippen molar-refractivity contribution in [2.75, 3.05) is 19.3 Å². The molecule has 0 aromatic carbocycles. The largest absolute Gasteiger partial charge is 0.320 e. The zero-order valence-corrected chi connectivity index (χ0v) is 13.4. The van der Waals surface area contributed by atoms with Gasteiger partial charge >= 0.3 is 0 Å². The Kier molecular flexibility index (Phi) is 4.92. The van der Waals surface area contributed by atoms with Crippen molar-refractivity contribution in [3.05, 3.63) is 22.4 Å². The summed E-state index contributed by atoms with van der Waals surface area (Å²) in [5.41, 5.74) is 0. The van der Waals surface area contributed by atoms with Crippen LogP contribution in [0.15, 0.2) is 17.5 Å². The van der Waals surface area contributed by atoms with Crippen molar-refractivity contribution in [1.82, 2.24) is 10.2 Å². The standard InChI is InChI=1S/C14H22N2OS2/c1-4-14(5-2,18-3)10-16-12(17)9-15-13(16)11-7-6-8-19-11/h6-8,13,15H,4-5,9-10H2,1-3H3. The van der Waals surface area contributed by atoms with E-state index in [1.165, 1.54) is 4.88 Å². The van der Waals surface area contributed by atoms with Crippen LogP contribution in [0.4, 0.5) is 0 Å². The van der Waals surface area contributed by atoms with Crippen LogP contribution in [-0.2, 0) is 4.79 Å². The summed E-state index contributed by atoms with van der Waals surface area (Å²) in [6, 6.07) is 4.15. The van der Waals surface area contributed by atoms with Gasteiger partial charge in [0.1, 0.15) is 6.17 Å². The van der Waals surface area contributed by atoms with Crippen molar-refractivity contribution in [2.24, 2.45) is 0 Å². The van der Waals surface area contributed by atoms with Crippen LogP contribution in [0.2, 0.25) is 0 Å². The molecule has 0 aliphatic carbocycles. The molecule has 5 heteroatoms. The number of thioether (sulfide) groups is 1. The van der Waals surface area contributed by atoms with E-state index in [0.29, 0.717) is 6.54 Å². The quantitative estimate of drug-likeness (QED) is 0.876. The number of amides is 1. The van der Waals surface area contributed by atoms with E-state index < -0.39 is 0 Å². The van der Waals surface area contributed by atoms with Crippen molar-refractivity contribution in [2.45, 2.75) is 37.6 Å². The number of hydrogen-bond acceptors (Lipinski definition) is 4. The molecule has 2 heterocycles. The van der Waals surface area contributed by atoms with Gasteiger partial charge in [0.25, 0.3) is 0 Å². The fraction of sp³-hybridized carbons (Fsp3) is 0.643. The number of nitrogens with zero attached hydrogens (tertiary/aromatic N) is 1. The van der Waals surface area contributed by atoms with Gasteiger partial charge in [-0.05, 0) is 30.5 Å². The molecule has 1 fully saturated rings. The maximum absolute atomic E-state index is 12.2. The van der Waals surface area contributed by atoms with Gasteiger partial charge in [-0.1, -0.05) is 19.9 Å². The van der Waals surface area contributed by atoms with Gasteiger partial charge in [0.15, 0.2) is 0 Å². The molecule has 1 aromatic heterocycles. The molecule has 1 aliphatic heterocycles. The Morgan fingerprint density at radius 2 is 2.26 bits per heavy atom. The van der Waals surface area contributed by atoms with Crippen LogP contribution in [0.3, 0.4) is 0 Å². The smallest absolute Gasteiger partial charge is 0.238 e. The molecular weight excluding hydrogens is 276 g/mol. The lowest BCUT2D eigenvalue weighted by atomic mass is 10.0. The third kappa shape index (κ3) is 2.98. The van der Waals surface area contributed by atoms with E-state index in [0.717, 1.165) is 19.4 Å². The first kappa shape index (κ1) is 14.9. The number of carbonyl (C=O) groups is 1. The zero-order chi connectivity index (χ0) is 13.9. The first-order valence-corrected chi connectivity index (χ1v) is 8.87. The average molecular weight is 298 g/mol. The summed E-state index contributed by atoms with van der Waals surface area (Å²) in [5.74, 6) is 0.221. The molecular formula is C14H22N2OS2. The summed E-state index contributed by atoms with van der Waals surface area (Å²) < 4.78 is 0.178. The third-order valence-electron chi connectivity index (χ3n) is 4.07. The van der Waals surface area contributed by atoms with Gasteiger partial charge in [-0.25, -0.2) is 0 Å². The van der Waals surface area contributed by atoms with E-state index in [1.807, 2.05) is 22.7 Å². The average Bonchev–Trinajstić information content (AvgIpc) is 3.07. The summed E-state index contributed by atoms with van der Waals surface area (Å²) in [6.07, 6.45) is 4.40. The van der Waals surface area contributed by atoms with E-state index in [1.54, 1.807) is 11.3 Å². The highest BCUT2D eigenvalue weighted by atomic mass is 32.2. The van der Waals surface area contributed by atoms with E-state index >= 15 is 0 Å². The van der Waals surface area contributed by atoms with Gasteiger partial charge in [0.2, 0.25) is 5.91 Å². The molecule has 19 heavy (non-hydrogen) atoms. The molecule has 1 amide bonds. The van der Waals surface area contributed by atoms with Gasteiger partial charge < -0.3 is 4.90 Å². The lowest BCUT2D eigenvalue weighted by Crippen LogP contribution is -2.42. The molecule has 1 aromatic rings.